The normalized spacial score (nSPS) is 10.9. The highest BCUT2D eigenvalue weighted by Crippen LogP contribution is 2.36. The Kier molecular flexibility index (Phi) is 3.86. The van der Waals surface area contributed by atoms with E-state index in [-0.39, 0.29) is 0 Å². The summed E-state index contributed by atoms with van der Waals surface area (Å²) in [4.78, 5) is 12.8. The number of hydrogen-bond donors (Lipinski definition) is 2. The number of nitrogen functional groups attached to an aromatic ring is 1. The first kappa shape index (κ1) is 14.0. The molecule has 0 fully saturated rings. The van der Waals surface area contributed by atoms with Crippen LogP contribution in [0.15, 0.2) is 53.4 Å². The zero-order valence-electron chi connectivity index (χ0n) is 11.1. The molecule has 0 saturated heterocycles. The van der Waals surface area contributed by atoms with Crippen molar-refractivity contribution < 1.29 is 9.90 Å². The van der Waals surface area contributed by atoms with Crippen LogP contribution in [0.1, 0.15) is 15.2 Å². The molecule has 0 aliphatic rings. The maximum atomic E-state index is 11.4. The molecule has 0 saturated carbocycles. The van der Waals surface area contributed by atoms with Gasteiger partial charge in [0.15, 0.2) is 0 Å². The van der Waals surface area contributed by atoms with Crippen LogP contribution in [0.5, 0.6) is 0 Å². The van der Waals surface area contributed by atoms with Gasteiger partial charge in [-0.1, -0.05) is 30.3 Å². The maximum absolute atomic E-state index is 11.4. The first-order valence-electron chi connectivity index (χ1n) is 6.38. The minimum Gasteiger partial charge on any atom is -0.477 e. The summed E-state index contributed by atoms with van der Waals surface area (Å²) in [6.45, 7) is 0. The topological polar surface area (TPSA) is 63.3 Å². The zero-order chi connectivity index (χ0) is 14.8. The highest BCUT2D eigenvalue weighted by Gasteiger charge is 2.17. The van der Waals surface area contributed by atoms with E-state index in [0.29, 0.717) is 10.6 Å². The number of thiophene rings is 1. The third kappa shape index (κ3) is 2.75. The predicted octanol–water partition coefficient (Wildman–Crippen LogP) is 4.47. The number of para-hydroxylation sites is 1. The van der Waals surface area contributed by atoms with E-state index in [0.717, 1.165) is 26.2 Å². The van der Waals surface area contributed by atoms with Crippen LogP contribution in [0.25, 0.3) is 10.1 Å². The van der Waals surface area contributed by atoms with E-state index < -0.39 is 5.97 Å². The molecule has 0 atom stereocenters. The Balaban J connectivity index is 1.98. The number of carboxylic acids is 1. The largest absolute Gasteiger partial charge is 0.477 e. The van der Waals surface area contributed by atoms with Crippen molar-refractivity contribution >= 4 is 44.8 Å². The molecule has 0 aliphatic carbocycles. The molecule has 3 nitrogen and oxygen atoms in total. The van der Waals surface area contributed by atoms with Crippen molar-refractivity contribution in [2.24, 2.45) is 0 Å². The van der Waals surface area contributed by atoms with Crippen molar-refractivity contribution in [1.29, 1.82) is 0 Å². The van der Waals surface area contributed by atoms with Crippen LogP contribution >= 0.6 is 23.1 Å². The number of hydrogen-bond acceptors (Lipinski definition) is 4. The van der Waals surface area contributed by atoms with Gasteiger partial charge in [-0.05, 0) is 29.1 Å². The van der Waals surface area contributed by atoms with Crippen molar-refractivity contribution in [3.05, 3.63) is 59.0 Å². The molecule has 0 radical (unpaired) electrons. The molecule has 1 heterocycles. The van der Waals surface area contributed by atoms with E-state index in [1.807, 2.05) is 48.5 Å². The molecule has 3 rings (SSSR count). The zero-order valence-corrected chi connectivity index (χ0v) is 12.7. The fourth-order valence-electron chi connectivity index (χ4n) is 2.18. The Morgan fingerprint density at radius 3 is 2.62 bits per heavy atom. The Morgan fingerprint density at radius 1 is 1.14 bits per heavy atom. The summed E-state index contributed by atoms with van der Waals surface area (Å²) in [6.07, 6.45) is 0. The van der Waals surface area contributed by atoms with Crippen LogP contribution in [-0.2, 0) is 5.75 Å². The smallest absolute Gasteiger partial charge is 0.346 e. The quantitative estimate of drug-likeness (QED) is 0.550. The Labute approximate surface area is 130 Å². The second kappa shape index (κ2) is 5.79. The minimum atomic E-state index is -0.868. The van der Waals surface area contributed by atoms with Crippen molar-refractivity contribution in [3.63, 3.8) is 0 Å². The predicted molar refractivity (Wildman–Crippen MR) is 89.2 cm³/mol. The van der Waals surface area contributed by atoms with Crippen molar-refractivity contribution in [3.8, 4) is 0 Å². The molecule has 0 unspecified atom stereocenters. The number of anilines is 1. The van der Waals surface area contributed by atoms with Gasteiger partial charge < -0.3 is 10.8 Å². The fourth-order valence-corrected chi connectivity index (χ4v) is 4.34. The van der Waals surface area contributed by atoms with E-state index in [9.17, 15) is 9.90 Å². The number of carboxylic acid groups (broad SMARTS) is 1. The average molecular weight is 315 g/mol. The van der Waals surface area contributed by atoms with Crippen LogP contribution < -0.4 is 5.73 Å². The minimum absolute atomic E-state index is 0.415. The van der Waals surface area contributed by atoms with E-state index in [2.05, 4.69) is 0 Å². The van der Waals surface area contributed by atoms with E-state index in [1.165, 1.54) is 11.3 Å². The Morgan fingerprint density at radius 2 is 1.86 bits per heavy atom. The molecule has 106 valence electrons. The molecular weight excluding hydrogens is 302 g/mol. The van der Waals surface area contributed by atoms with Crippen LogP contribution in [0.4, 0.5) is 5.69 Å². The maximum Gasteiger partial charge on any atom is 0.346 e. The lowest BCUT2D eigenvalue weighted by atomic mass is 10.1. The first-order valence-corrected chi connectivity index (χ1v) is 8.18. The monoisotopic (exact) mass is 315 g/mol. The number of aromatic carboxylic acids is 1. The van der Waals surface area contributed by atoms with Crippen molar-refractivity contribution in [2.45, 2.75) is 10.6 Å². The van der Waals surface area contributed by atoms with Gasteiger partial charge in [-0.2, -0.15) is 0 Å². The highest BCUT2D eigenvalue weighted by molar-refractivity contribution is 7.98. The van der Waals surface area contributed by atoms with Gasteiger partial charge in [0.05, 0.1) is 0 Å². The third-order valence-electron chi connectivity index (χ3n) is 3.18. The lowest BCUT2D eigenvalue weighted by Crippen LogP contribution is -1.97. The van der Waals surface area contributed by atoms with Gasteiger partial charge in [0, 0.05) is 21.0 Å². The number of nitrogens with two attached hydrogens (primary N) is 1. The number of thioether (sulfide) groups is 1. The third-order valence-corrected chi connectivity index (χ3v) is 5.50. The lowest BCUT2D eigenvalue weighted by Gasteiger charge is -2.05. The molecule has 1 aromatic heterocycles. The summed E-state index contributed by atoms with van der Waals surface area (Å²) in [7, 11) is 0. The average Bonchev–Trinajstić information content (AvgIpc) is 2.85. The Hall–Kier alpha value is -1.98. The molecule has 21 heavy (non-hydrogen) atoms. The van der Waals surface area contributed by atoms with Gasteiger partial charge in [0.1, 0.15) is 4.88 Å². The number of carbonyl (C=O) groups is 1. The lowest BCUT2D eigenvalue weighted by molar-refractivity contribution is 0.0701. The molecule has 3 N–H and O–H groups in total. The summed E-state index contributed by atoms with van der Waals surface area (Å²) < 4.78 is 1.01. The van der Waals surface area contributed by atoms with E-state index in [4.69, 9.17) is 5.73 Å². The molecule has 0 bridgehead atoms. The highest BCUT2D eigenvalue weighted by atomic mass is 32.2. The molecule has 0 aliphatic heterocycles. The van der Waals surface area contributed by atoms with Gasteiger partial charge in [-0.15, -0.1) is 23.1 Å². The molecule has 2 aromatic carbocycles. The molecule has 0 spiro atoms. The van der Waals surface area contributed by atoms with E-state index in [1.54, 1.807) is 11.8 Å². The van der Waals surface area contributed by atoms with Crippen LogP contribution in [0.2, 0.25) is 0 Å². The second-order valence-corrected chi connectivity index (χ2v) is 6.61. The summed E-state index contributed by atoms with van der Waals surface area (Å²) >= 11 is 2.90. The summed E-state index contributed by atoms with van der Waals surface area (Å²) in [5, 5.41) is 10.4. The number of fused-ring (bicyclic) bond motifs is 1. The summed E-state index contributed by atoms with van der Waals surface area (Å²) in [5.41, 5.74) is 7.53. The first-order chi connectivity index (χ1) is 10.2. The standard InChI is InChI=1S/C16H13NO2S2/c17-12-6-2-4-8-14(12)20-9-11-10-5-1-3-7-13(10)21-15(11)16(18)19/h1-8H,9,17H2,(H,18,19). The number of rotatable bonds is 4. The van der Waals surface area contributed by atoms with Gasteiger partial charge in [-0.3, -0.25) is 0 Å². The van der Waals surface area contributed by atoms with E-state index >= 15 is 0 Å². The van der Waals surface area contributed by atoms with Gasteiger partial charge in [-0.25, -0.2) is 4.79 Å². The fraction of sp³-hybridized carbons (Fsp3) is 0.0625. The molecular formula is C16H13NO2S2. The van der Waals surface area contributed by atoms with Gasteiger partial charge in [0.25, 0.3) is 0 Å². The van der Waals surface area contributed by atoms with Gasteiger partial charge in [0.2, 0.25) is 0 Å². The number of benzene rings is 2. The molecule has 0 amide bonds. The van der Waals surface area contributed by atoms with Crippen LogP contribution in [-0.4, -0.2) is 11.1 Å². The van der Waals surface area contributed by atoms with Crippen molar-refractivity contribution in [2.75, 3.05) is 5.73 Å². The molecule has 3 aromatic rings. The molecule has 5 heteroatoms. The van der Waals surface area contributed by atoms with Crippen molar-refractivity contribution in [1.82, 2.24) is 0 Å². The Bertz CT molecular complexity index is 811. The second-order valence-electron chi connectivity index (χ2n) is 4.54. The van der Waals surface area contributed by atoms with Crippen LogP contribution in [0.3, 0.4) is 0 Å². The SMILES string of the molecule is Nc1ccccc1SCc1c(C(=O)O)sc2ccccc12. The summed E-state index contributed by atoms with van der Waals surface area (Å²) in [6, 6.07) is 15.4. The van der Waals surface area contributed by atoms with Gasteiger partial charge >= 0.3 is 5.97 Å². The van der Waals surface area contributed by atoms with Crippen LogP contribution in [0, 0.1) is 0 Å². The summed E-state index contributed by atoms with van der Waals surface area (Å²) in [5.74, 6) is -0.271.